The Kier molecular flexibility index (Phi) is 8.42. The van der Waals surface area contributed by atoms with Crippen LogP contribution >= 0.6 is 11.6 Å². The molecule has 0 aliphatic carbocycles. The van der Waals surface area contributed by atoms with Gasteiger partial charge in [-0.1, -0.05) is 17.7 Å². The molecule has 0 saturated heterocycles. The van der Waals surface area contributed by atoms with E-state index < -0.39 is 26.9 Å². The summed E-state index contributed by atoms with van der Waals surface area (Å²) >= 11 is 5.86. The van der Waals surface area contributed by atoms with Crippen molar-refractivity contribution in [1.82, 2.24) is 24.7 Å². The highest BCUT2D eigenvalue weighted by Crippen LogP contribution is 2.35. The van der Waals surface area contributed by atoms with Crippen LogP contribution in [0.4, 0.5) is 0 Å². The molecule has 2 atom stereocenters. The zero-order chi connectivity index (χ0) is 24.9. The van der Waals surface area contributed by atoms with Gasteiger partial charge in [-0.2, -0.15) is 0 Å². The lowest BCUT2D eigenvalue weighted by molar-refractivity contribution is 0.0948. The third-order valence-electron chi connectivity index (χ3n) is 5.17. The highest BCUT2D eigenvalue weighted by molar-refractivity contribution is 7.91. The number of methoxy groups -OCH3 is 4. The fraction of sp³-hybridized carbons (Fsp3) is 0.429. The van der Waals surface area contributed by atoms with Gasteiger partial charge in [-0.15, -0.1) is 10.2 Å². The van der Waals surface area contributed by atoms with Crippen molar-refractivity contribution in [2.45, 2.75) is 30.6 Å². The van der Waals surface area contributed by atoms with Crippen LogP contribution in [-0.4, -0.2) is 66.8 Å². The molecule has 34 heavy (non-hydrogen) atoms. The summed E-state index contributed by atoms with van der Waals surface area (Å²) in [4.78, 5) is 8.23. The molecular formula is C21H26ClN5O6S. The van der Waals surface area contributed by atoms with Crippen LogP contribution in [0.15, 0.2) is 30.6 Å². The first kappa shape index (κ1) is 25.8. The summed E-state index contributed by atoms with van der Waals surface area (Å²) in [6, 6.07) is 5.22. The lowest BCUT2D eigenvalue weighted by atomic mass is 10.2. The van der Waals surface area contributed by atoms with Crippen LogP contribution in [0, 0.1) is 0 Å². The molecule has 2 heterocycles. The van der Waals surface area contributed by atoms with E-state index in [9.17, 15) is 8.42 Å². The Morgan fingerprint density at radius 1 is 1.00 bits per heavy atom. The molecule has 1 aromatic carbocycles. The number of sulfone groups is 1. The number of halogens is 1. The minimum absolute atomic E-state index is 0.0864. The van der Waals surface area contributed by atoms with E-state index in [2.05, 4.69) is 20.2 Å². The van der Waals surface area contributed by atoms with Gasteiger partial charge in [0.15, 0.2) is 27.3 Å². The monoisotopic (exact) mass is 511 g/mol. The number of hydrogen-bond acceptors (Lipinski definition) is 10. The molecule has 0 aliphatic heterocycles. The maximum absolute atomic E-state index is 13.5. The molecule has 0 spiro atoms. The fourth-order valence-electron chi connectivity index (χ4n) is 3.46. The predicted molar refractivity (Wildman–Crippen MR) is 124 cm³/mol. The van der Waals surface area contributed by atoms with Gasteiger partial charge in [-0.3, -0.25) is 4.57 Å². The van der Waals surface area contributed by atoms with Gasteiger partial charge in [0.05, 0.1) is 24.5 Å². The summed E-state index contributed by atoms with van der Waals surface area (Å²) in [7, 11) is 2.08. The Balaban J connectivity index is 2.05. The number of aromatic nitrogens is 5. The predicted octanol–water partition coefficient (Wildman–Crippen LogP) is 2.57. The molecule has 0 N–H and O–H groups in total. The van der Waals surface area contributed by atoms with Crippen molar-refractivity contribution in [3.63, 3.8) is 0 Å². The normalized spacial score (nSPS) is 13.5. The Hall–Kier alpha value is -2.80. The first-order valence-corrected chi connectivity index (χ1v) is 12.2. The molecule has 3 aromatic rings. The molecule has 0 saturated carbocycles. The minimum atomic E-state index is -3.84. The van der Waals surface area contributed by atoms with Gasteiger partial charge in [-0.25, -0.2) is 18.4 Å². The van der Waals surface area contributed by atoms with E-state index in [-0.39, 0.29) is 18.3 Å². The molecule has 13 heteroatoms. The second kappa shape index (κ2) is 11.1. The summed E-state index contributed by atoms with van der Waals surface area (Å²) in [5, 5.41) is 7.63. The quantitative estimate of drug-likeness (QED) is 0.379. The second-order valence-electron chi connectivity index (χ2n) is 7.24. The van der Waals surface area contributed by atoms with E-state index in [0.29, 0.717) is 28.0 Å². The number of nitrogens with zero attached hydrogens (tertiary/aromatic N) is 5. The summed E-state index contributed by atoms with van der Waals surface area (Å²) in [6.07, 6.45) is 1.85. The van der Waals surface area contributed by atoms with E-state index in [0.717, 1.165) is 0 Å². The maximum Gasteiger partial charge on any atom is 0.163 e. The summed E-state index contributed by atoms with van der Waals surface area (Å²) in [6.45, 7) is 1.62. The third-order valence-corrected chi connectivity index (χ3v) is 7.40. The first-order chi connectivity index (χ1) is 16.3. The largest absolute Gasteiger partial charge is 0.494 e. The van der Waals surface area contributed by atoms with Crippen LogP contribution in [0.5, 0.6) is 11.5 Å². The van der Waals surface area contributed by atoms with Gasteiger partial charge in [0, 0.05) is 26.6 Å². The smallest absolute Gasteiger partial charge is 0.163 e. The number of hydrogen-bond donors (Lipinski definition) is 0. The van der Waals surface area contributed by atoms with Crippen molar-refractivity contribution >= 4 is 21.4 Å². The van der Waals surface area contributed by atoms with Gasteiger partial charge < -0.3 is 18.9 Å². The number of para-hydroxylation sites is 1. The Morgan fingerprint density at radius 2 is 1.59 bits per heavy atom. The van der Waals surface area contributed by atoms with Crippen LogP contribution in [0.2, 0.25) is 5.02 Å². The summed E-state index contributed by atoms with van der Waals surface area (Å²) in [5.74, 6) is 1.21. The molecule has 0 aliphatic rings. The van der Waals surface area contributed by atoms with Crippen LogP contribution in [0.3, 0.4) is 0 Å². The molecular weight excluding hydrogens is 486 g/mol. The SMILES string of the molecule is COCc1nnc(CS(=O)(=O)[C@@H](C)[C@H](OC)c2ncc(Cl)cn2)n1-c1c(OC)cccc1OC. The van der Waals surface area contributed by atoms with E-state index in [1.54, 1.807) is 22.8 Å². The van der Waals surface area contributed by atoms with Gasteiger partial charge in [0.25, 0.3) is 0 Å². The zero-order valence-electron chi connectivity index (χ0n) is 19.4. The lowest BCUT2D eigenvalue weighted by Crippen LogP contribution is -2.30. The van der Waals surface area contributed by atoms with Crippen LogP contribution in [-0.2, 0) is 31.7 Å². The first-order valence-electron chi connectivity index (χ1n) is 10.1. The second-order valence-corrected chi connectivity index (χ2v) is 10.0. The molecule has 0 bridgehead atoms. The highest BCUT2D eigenvalue weighted by atomic mass is 35.5. The minimum Gasteiger partial charge on any atom is -0.494 e. The Bertz CT molecular complexity index is 1200. The topological polar surface area (TPSA) is 128 Å². The van der Waals surface area contributed by atoms with Crippen molar-refractivity contribution < 1.29 is 27.4 Å². The third kappa shape index (κ3) is 5.30. The van der Waals surface area contributed by atoms with E-state index in [4.69, 9.17) is 30.5 Å². The summed E-state index contributed by atoms with van der Waals surface area (Å²) in [5.41, 5.74) is 0.465. The summed E-state index contributed by atoms with van der Waals surface area (Å²) < 4.78 is 50.2. The van der Waals surface area contributed by atoms with Crippen molar-refractivity contribution in [1.29, 1.82) is 0 Å². The fourth-order valence-corrected chi connectivity index (χ4v) is 4.97. The number of rotatable bonds is 11. The molecule has 11 nitrogen and oxygen atoms in total. The molecule has 0 fully saturated rings. The van der Waals surface area contributed by atoms with Gasteiger partial charge in [-0.05, 0) is 19.1 Å². The van der Waals surface area contributed by atoms with Gasteiger partial charge in [0.1, 0.15) is 35.7 Å². The molecule has 184 valence electrons. The molecule has 0 amide bonds. The molecule has 0 unspecified atom stereocenters. The number of ether oxygens (including phenoxy) is 4. The molecule has 3 rings (SSSR count). The van der Waals surface area contributed by atoms with Crippen LogP contribution in [0.25, 0.3) is 5.69 Å². The average Bonchev–Trinajstić information content (AvgIpc) is 3.21. The van der Waals surface area contributed by atoms with Crippen molar-refractivity contribution in [2.75, 3.05) is 28.4 Å². The maximum atomic E-state index is 13.5. The van der Waals surface area contributed by atoms with E-state index in [1.807, 2.05) is 0 Å². The van der Waals surface area contributed by atoms with Crippen LogP contribution < -0.4 is 9.47 Å². The average molecular weight is 512 g/mol. The van der Waals surface area contributed by atoms with Crippen LogP contribution in [0.1, 0.15) is 30.5 Å². The van der Waals surface area contributed by atoms with Crippen molar-refractivity contribution in [2.24, 2.45) is 0 Å². The van der Waals surface area contributed by atoms with Gasteiger partial charge >= 0.3 is 0 Å². The standard InChI is InChI=1S/C21H26ClN5O6S/c1-13(20(33-5)21-23-9-14(22)10-24-21)34(28,29)12-18-26-25-17(11-30-2)27(18)19-15(31-3)7-6-8-16(19)32-4/h6-10,13,20H,11-12H2,1-5H3/t13-,20-/m0/s1. The lowest BCUT2D eigenvalue weighted by Gasteiger charge is -2.22. The highest BCUT2D eigenvalue weighted by Gasteiger charge is 2.35. The Labute approximate surface area is 202 Å². The van der Waals surface area contributed by atoms with Gasteiger partial charge in [0.2, 0.25) is 0 Å². The number of benzene rings is 1. The van der Waals surface area contributed by atoms with E-state index in [1.165, 1.54) is 47.8 Å². The Morgan fingerprint density at radius 3 is 2.12 bits per heavy atom. The molecule has 0 radical (unpaired) electrons. The van der Waals surface area contributed by atoms with Crippen molar-refractivity contribution in [3.8, 4) is 17.2 Å². The van der Waals surface area contributed by atoms with E-state index >= 15 is 0 Å². The van der Waals surface area contributed by atoms with Crippen molar-refractivity contribution in [3.05, 3.63) is 53.1 Å². The molecule has 2 aromatic heterocycles. The zero-order valence-corrected chi connectivity index (χ0v) is 21.0.